The summed E-state index contributed by atoms with van der Waals surface area (Å²) >= 11 is 0. The molecule has 1 saturated heterocycles. The van der Waals surface area contributed by atoms with Crippen molar-refractivity contribution in [1.82, 2.24) is 9.88 Å². The number of aromatic nitrogens is 1. The molecule has 7 nitrogen and oxygen atoms in total. The first-order valence-electron chi connectivity index (χ1n) is 9.18. The van der Waals surface area contributed by atoms with Crippen LogP contribution in [0, 0.1) is 16.7 Å². The molecule has 0 atom stereocenters. The molecule has 3 rings (SSSR count). The van der Waals surface area contributed by atoms with Gasteiger partial charge in [0.05, 0.1) is 22.9 Å². The van der Waals surface area contributed by atoms with E-state index >= 15 is 0 Å². The van der Waals surface area contributed by atoms with Crippen LogP contribution in [0.15, 0.2) is 47.7 Å². The normalized spacial score (nSPS) is 15.7. The van der Waals surface area contributed by atoms with Gasteiger partial charge in [0.1, 0.15) is 11.5 Å². The molecule has 0 amide bonds. The third-order valence-corrected chi connectivity index (χ3v) is 4.86. The van der Waals surface area contributed by atoms with Crippen molar-refractivity contribution < 1.29 is 13.2 Å². The number of hydrogen-bond donors (Lipinski definition) is 2. The Morgan fingerprint density at radius 3 is 2.30 bits per heavy atom. The summed E-state index contributed by atoms with van der Waals surface area (Å²) in [4.78, 5) is 7.91. The van der Waals surface area contributed by atoms with E-state index in [4.69, 9.17) is 16.5 Å². The molecule has 0 bridgehead atoms. The van der Waals surface area contributed by atoms with Gasteiger partial charge in [-0.25, -0.2) is 4.98 Å². The van der Waals surface area contributed by atoms with Crippen LogP contribution < -0.4 is 10.7 Å². The minimum absolute atomic E-state index is 0.253. The van der Waals surface area contributed by atoms with Gasteiger partial charge in [-0.2, -0.15) is 23.5 Å². The summed E-state index contributed by atoms with van der Waals surface area (Å²) in [6.07, 6.45) is -3.55. The lowest BCUT2D eigenvalue weighted by Crippen LogP contribution is -2.49. The van der Waals surface area contributed by atoms with Crippen molar-refractivity contribution in [2.24, 2.45) is 10.9 Å². The number of rotatable bonds is 5. The van der Waals surface area contributed by atoms with Crippen molar-refractivity contribution in [3.05, 3.63) is 59.3 Å². The molecule has 0 unspecified atom stereocenters. The summed E-state index contributed by atoms with van der Waals surface area (Å²) in [7, 11) is 0. The maximum absolute atomic E-state index is 12.7. The lowest BCUT2D eigenvalue weighted by Gasteiger charge is -2.35. The number of hydrazone groups is 1. The molecular weight excluding hydrogens is 395 g/mol. The molecule has 1 aliphatic heterocycles. The average molecular weight is 415 g/mol. The third-order valence-electron chi connectivity index (χ3n) is 4.86. The summed E-state index contributed by atoms with van der Waals surface area (Å²) in [5.74, 6) is 5.99. The number of halogens is 3. The van der Waals surface area contributed by atoms with Gasteiger partial charge in [-0.1, -0.05) is 12.1 Å². The molecule has 1 fully saturated rings. The molecular formula is C20H20F3N7. The molecule has 0 spiro atoms. The predicted octanol–water partition coefficient (Wildman–Crippen LogP) is 2.48. The van der Waals surface area contributed by atoms with Crippen LogP contribution in [0.25, 0.3) is 0 Å². The molecule has 1 aromatic carbocycles. The minimum Gasteiger partial charge on any atom is -0.354 e. The van der Waals surface area contributed by atoms with Crippen LogP contribution in [0.1, 0.15) is 16.7 Å². The molecule has 1 aliphatic rings. The largest absolute Gasteiger partial charge is 0.417 e. The van der Waals surface area contributed by atoms with Crippen LogP contribution in [0.3, 0.4) is 0 Å². The van der Waals surface area contributed by atoms with E-state index in [1.54, 1.807) is 24.3 Å². The topological polar surface area (TPSA) is 105 Å². The van der Waals surface area contributed by atoms with Crippen molar-refractivity contribution in [1.29, 1.82) is 10.7 Å². The standard InChI is InChI=1S/C20H20F3N7/c21-20(22,23)16-5-6-18(27-12-16)30-9-7-29(8-10-30)13-17(25)19(28-26)15-3-1-14(11-24)2-4-15/h1-6,12,25H,7-10,13,26H2/b25-17?,28-19-. The summed E-state index contributed by atoms with van der Waals surface area (Å²) in [5, 5.41) is 21.0. The highest BCUT2D eigenvalue weighted by molar-refractivity contribution is 6.47. The lowest BCUT2D eigenvalue weighted by atomic mass is 10.0. The third kappa shape index (κ3) is 4.93. The molecule has 156 valence electrons. The van der Waals surface area contributed by atoms with Gasteiger partial charge in [0.15, 0.2) is 0 Å². The molecule has 30 heavy (non-hydrogen) atoms. The Morgan fingerprint density at radius 1 is 1.13 bits per heavy atom. The summed E-state index contributed by atoms with van der Waals surface area (Å²) in [6.45, 7) is 2.74. The van der Waals surface area contributed by atoms with E-state index < -0.39 is 11.7 Å². The smallest absolute Gasteiger partial charge is 0.354 e. The van der Waals surface area contributed by atoms with Gasteiger partial charge in [0, 0.05) is 44.5 Å². The number of nitrogens with zero attached hydrogens (tertiary/aromatic N) is 5. The fraction of sp³-hybridized carbons (Fsp3) is 0.300. The number of nitrogens with two attached hydrogens (primary N) is 1. The van der Waals surface area contributed by atoms with Crippen molar-refractivity contribution >= 4 is 17.2 Å². The number of hydrogen-bond acceptors (Lipinski definition) is 7. The van der Waals surface area contributed by atoms with Crippen LogP contribution >= 0.6 is 0 Å². The quantitative estimate of drug-likeness (QED) is 0.443. The first-order chi connectivity index (χ1) is 14.3. The van der Waals surface area contributed by atoms with E-state index in [2.05, 4.69) is 15.0 Å². The van der Waals surface area contributed by atoms with Gasteiger partial charge in [0.2, 0.25) is 0 Å². The molecule has 0 aliphatic carbocycles. The second-order valence-electron chi connectivity index (χ2n) is 6.81. The summed E-state index contributed by atoms with van der Waals surface area (Å²) in [6, 6.07) is 11.1. The van der Waals surface area contributed by atoms with Gasteiger partial charge in [-0.15, -0.1) is 0 Å². The van der Waals surface area contributed by atoms with Crippen molar-refractivity contribution in [2.45, 2.75) is 6.18 Å². The Morgan fingerprint density at radius 2 is 1.80 bits per heavy atom. The van der Waals surface area contributed by atoms with E-state index in [1.165, 1.54) is 6.07 Å². The van der Waals surface area contributed by atoms with Gasteiger partial charge in [0.25, 0.3) is 0 Å². The fourth-order valence-electron chi connectivity index (χ4n) is 3.20. The monoisotopic (exact) mass is 415 g/mol. The summed E-state index contributed by atoms with van der Waals surface area (Å²) < 4.78 is 38.0. The molecule has 1 aromatic heterocycles. The zero-order chi connectivity index (χ0) is 21.7. The van der Waals surface area contributed by atoms with Crippen LogP contribution in [0.5, 0.6) is 0 Å². The van der Waals surface area contributed by atoms with Gasteiger partial charge >= 0.3 is 6.18 Å². The Balaban J connectivity index is 1.57. The van der Waals surface area contributed by atoms with Crippen molar-refractivity contribution in [3.63, 3.8) is 0 Å². The van der Waals surface area contributed by atoms with Crippen LogP contribution in [-0.2, 0) is 6.18 Å². The van der Waals surface area contributed by atoms with E-state index in [0.717, 1.165) is 12.3 Å². The van der Waals surface area contributed by atoms with Gasteiger partial charge < -0.3 is 16.2 Å². The Bertz CT molecular complexity index is 952. The Hall–Kier alpha value is -3.45. The number of pyridine rings is 1. The maximum Gasteiger partial charge on any atom is 0.417 e. The number of alkyl halides is 3. The number of piperazine rings is 1. The van der Waals surface area contributed by atoms with Crippen molar-refractivity contribution in [3.8, 4) is 6.07 Å². The number of anilines is 1. The lowest BCUT2D eigenvalue weighted by molar-refractivity contribution is -0.137. The second kappa shape index (κ2) is 8.92. The Labute approximate surface area is 171 Å². The molecule has 0 saturated carbocycles. The molecule has 2 aromatic rings. The number of benzene rings is 1. The van der Waals surface area contributed by atoms with Gasteiger partial charge in [-0.05, 0) is 24.3 Å². The highest BCUT2D eigenvalue weighted by atomic mass is 19.4. The SMILES string of the molecule is N#Cc1ccc(/C(=N/N)C(=N)CN2CCN(c3ccc(C(F)(F)F)cn3)CC2)cc1. The summed E-state index contributed by atoms with van der Waals surface area (Å²) in [5.41, 5.74) is 1.01. The zero-order valence-electron chi connectivity index (χ0n) is 16.0. The molecule has 10 heteroatoms. The highest BCUT2D eigenvalue weighted by Crippen LogP contribution is 2.29. The van der Waals surface area contributed by atoms with Crippen LogP contribution in [0.4, 0.5) is 19.0 Å². The number of nitriles is 1. The highest BCUT2D eigenvalue weighted by Gasteiger charge is 2.31. The van der Waals surface area contributed by atoms with E-state index in [9.17, 15) is 13.2 Å². The van der Waals surface area contributed by atoms with E-state index in [0.29, 0.717) is 55.4 Å². The first-order valence-corrected chi connectivity index (χ1v) is 9.18. The second-order valence-corrected chi connectivity index (χ2v) is 6.81. The van der Waals surface area contributed by atoms with Crippen molar-refractivity contribution in [2.75, 3.05) is 37.6 Å². The van der Waals surface area contributed by atoms with Crippen LogP contribution in [0.2, 0.25) is 0 Å². The zero-order valence-corrected chi connectivity index (χ0v) is 16.0. The molecule has 2 heterocycles. The fourth-order valence-corrected chi connectivity index (χ4v) is 3.20. The van der Waals surface area contributed by atoms with Gasteiger partial charge in [-0.3, -0.25) is 4.90 Å². The first kappa shape index (κ1) is 21.3. The molecule has 0 radical (unpaired) electrons. The number of nitrogens with one attached hydrogen (secondary N) is 1. The maximum atomic E-state index is 12.7. The average Bonchev–Trinajstić information content (AvgIpc) is 2.75. The molecule has 3 N–H and O–H groups in total. The van der Waals surface area contributed by atoms with Crippen LogP contribution in [-0.4, -0.2) is 54.0 Å². The minimum atomic E-state index is -4.40. The van der Waals surface area contributed by atoms with E-state index in [-0.39, 0.29) is 5.71 Å². The van der Waals surface area contributed by atoms with E-state index in [1.807, 2.05) is 11.0 Å². The predicted molar refractivity (Wildman–Crippen MR) is 108 cm³/mol. The Kier molecular flexibility index (Phi) is 6.32.